The highest BCUT2D eigenvalue weighted by Gasteiger charge is 2.35. The minimum atomic E-state index is -0.573. The van der Waals surface area contributed by atoms with Crippen LogP contribution in [0.5, 0.6) is 5.88 Å². The van der Waals surface area contributed by atoms with Gasteiger partial charge < -0.3 is 10.1 Å². The lowest BCUT2D eigenvalue weighted by Crippen LogP contribution is -2.41. The smallest absolute Gasteiger partial charge is 0.331 e. The van der Waals surface area contributed by atoms with Gasteiger partial charge in [-0.1, -0.05) is 32.0 Å². The normalized spacial score (nSPS) is 18.3. The largest absolute Gasteiger partial charge is 0.494 e. The number of benzene rings is 1. The third-order valence-corrected chi connectivity index (χ3v) is 6.00. The first-order valence-corrected chi connectivity index (χ1v) is 9.89. The number of para-hydroxylation sites is 1. The number of rotatable bonds is 4. The molecule has 2 atom stereocenters. The number of aromatic hydroxyl groups is 1. The second-order valence-corrected chi connectivity index (χ2v) is 7.47. The molecule has 3 N–H and O–H groups in total. The Bertz CT molecular complexity index is 1140. The molecule has 1 aromatic carbocycles. The van der Waals surface area contributed by atoms with Crippen molar-refractivity contribution in [3.63, 3.8) is 0 Å². The van der Waals surface area contributed by atoms with E-state index >= 15 is 0 Å². The maximum absolute atomic E-state index is 12.8. The number of hydrogen-bond donors (Lipinski definition) is 3. The van der Waals surface area contributed by atoms with E-state index in [1.807, 2.05) is 39.0 Å². The molecule has 0 aliphatic carbocycles. The van der Waals surface area contributed by atoms with Gasteiger partial charge in [0, 0.05) is 29.2 Å². The average Bonchev–Trinajstić information content (AvgIpc) is 3.06. The summed E-state index contributed by atoms with van der Waals surface area (Å²) in [5.74, 6) is -0.238. The molecule has 0 amide bonds. The molecule has 0 radical (unpaired) electrons. The van der Waals surface area contributed by atoms with Gasteiger partial charge in [-0.15, -0.1) is 0 Å². The summed E-state index contributed by atoms with van der Waals surface area (Å²) in [6, 6.07) is 7.43. The van der Waals surface area contributed by atoms with Crippen LogP contribution in [-0.4, -0.2) is 37.6 Å². The predicted octanol–water partition coefficient (Wildman–Crippen LogP) is 2.66. The monoisotopic (exact) mass is 382 g/mol. The number of fused-ring (bicyclic) bond motifs is 3. The molecular formula is C21H26N4O3. The summed E-state index contributed by atoms with van der Waals surface area (Å²) in [7, 11) is 0. The van der Waals surface area contributed by atoms with Gasteiger partial charge in [0.25, 0.3) is 5.56 Å². The number of aromatic amines is 2. The number of likely N-dealkylation sites (N-methyl/N-ethyl adjacent to an activating group) is 1. The third-order valence-electron chi connectivity index (χ3n) is 6.00. The average molecular weight is 382 g/mol. The quantitative estimate of drug-likeness (QED) is 0.647. The van der Waals surface area contributed by atoms with Crippen molar-refractivity contribution in [2.24, 2.45) is 0 Å². The van der Waals surface area contributed by atoms with E-state index in [-0.39, 0.29) is 17.5 Å². The highest BCUT2D eigenvalue weighted by molar-refractivity contribution is 5.85. The van der Waals surface area contributed by atoms with Gasteiger partial charge in [0.1, 0.15) is 5.56 Å². The topological polar surface area (TPSA) is 94.1 Å². The first-order chi connectivity index (χ1) is 13.5. The second kappa shape index (κ2) is 6.98. The molecule has 7 heteroatoms. The molecular weight excluding hydrogens is 356 g/mol. The Morgan fingerprint density at radius 2 is 1.96 bits per heavy atom. The van der Waals surface area contributed by atoms with Crippen LogP contribution in [0.15, 0.2) is 33.9 Å². The highest BCUT2D eigenvalue weighted by atomic mass is 16.3. The van der Waals surface area contributed by atoms with Crippen LogP contribution >= 0.6 is 0 Å². The van der Waals surface area contributed by atoms with Gasteiger partial charge in [-0.2, -0.15) is 0 Å². The van der Waals surface area contributed by atoms with Crippen molar-refractivity contribution in [2.45, 2.75) is 45.7 Å². The summed E-state index contributed by atoms with van der Waals surface area (Å²) in [4.78, 5) is 33.2. The molecule has 28 heavy (non-hydrogen) atoms. The molecule has 148 valence electrons. The molecule has 2 aromatic heterocycles. The van der Waals surface area contributed by atoms with E-state index in [0.29, 0.717) is 6.42 Å². The molecule has 0 unspecified atom stereocenters. The van der Waals surface area contributed by atoms with Gasteiger partial charge in [-0.25, -0.2) is 4.79 Å². The summed E-state index contributed by atoms with van der Waals surface area (Å²) in [6.45, 7) is 7.33. The molecule has 0 bridgehead atoms. The molecule has 3 aromatic rings. The number of hydrogen-bond acceptors (Lipinski definition) is 4. The van der Waals surface area contributed by atoms with Crippen molar-refractivity contribution in [1.82, 2.24) is 19.4 Å². The van der Waals surface area contributed by atoms with Gasteiger partial charge in [0.15, 0.2) is 0 Å². The van der Waals surface area contributed by atoms with Crippen molar-refractivity contribution in [3.05, 3.63) is 61.9 Å². The van der Waals surface area contributed by atoms with E-state index in [0.717, 1.165) is 36.1 Å². The van der Waals surface area contributed by atoms with Crippen molar-refractivity contribution >= 4 is 10.9 Å². The molecule has 4 rings (SSSR count). The van der Waals surface area contributed by atoms with Crippen LogP contribution in [0.1, 0.15) is 56.1 Å². The standard InChI is InChI=1S/C21H26N4O3/c1-4-12(3)25-20(27)16(19(26)23-21(25)28)18-17-14(10-11-24(18)5-2)13-8-6-7-9-15(13)22-17/h6-9,12,18,22,27H,4-5,10-11H2,1-3H3,(H,23,26,28)/t12-,18+/m0/s1. The van der Waals surface area contributed by atoms with Gasteiger partial charge in [-0.05, 0) is 37.9 Å². The van der Waals surface area contributed by atoms with Crippen LogP contribution in [0, 0.1) is 0 Å². The Morgan fingerprint density at radius 1 is 1.21 bits per heavy atom. The van der Waals surface area contributed by atoms with Gasteiger partial charge >= 0.3 is 5.69 Å². The lowest BCUT2D eigenvalue weighted by Gasteiger charge is -2.35. The Morgan fingerprint density at radius 3 is 2.68 bits per heavy atom. The van der Waals surface area contributed by atoms with E-state index in [9.17, 15) is 14.7 Å². The van der Waals surface area contributed by atoms with Crippen molar-refractivity contribution in [1.29, 1.82) is 0 Å². The summed E-state index contributed by atoms with van der Waals surface area (Å²) in [5, 5.41) is 12.2. The fraction of sp³-hybridized carbons (Fsp3) is 0.429. The Balaban J connectivity index is 2.01. The second-order valence-electron chi connectivity index (χ2n) is 7.47. The molecule has 0 saturated heterocycles. The third kappa shape index (κ3) is 2.69. The lowest BCUT2D eigenvalue weighted by molar-refractivity contribution is 0.213. The number of aromatic nitrogens is 3. The van der Waals surface area contributed by atoms with Crippen LogP contribution in [0.3, 0.4) is 0 Å². The number of H-pyrrole nitrogens is 2. The first-order valence-electron chi connectivity index (χ1n) is 9.89. The summed E-state index contributed by atoms with van der Waals surface area (Å²) in [6.07, 6.45) is 1.53. The maximum Gasteiger partial charge on any atom is 0.331 e. The summed E-state index contributed by atoms with van der Waals surface area (Å²) in [5.41, 5.74) is 2.24. The van der Waals surface area contributed by atoms with E-state index < -0.39 is 17.3 Å². The molecule has 0 fully saturated rings. The first kappa shape index (κ1) is 18.6. The molecule has 1 aliphatic heterocycles. The minimum absolute atomic E-state index is 0.219. The van der Waals surface area contributed by atoms with E-state index in [4.69, 9.17) is 0 Å². The zero-order valence-corrected chi connectivity index (χ0v) is 16.5. The van der Waals surface area contributed by atoms with E-state index in [2.05, 4.69) is 20.9 Å². The van der Waals surface area contributed by atoms with Gasteiger partial charge in [-0.3, -0.25) is 19.2 Å². The lowest BCUT2D eigenvalue weighted by atomic mass is 9.93. The molecule has 7 nitrogen and oxygen atoms in total. The van der Waals surface area contributed by atoms with Gasteiger partial charge in [0.05, 0.1) is 6.04 Å². The van der Waals surface area contributed by atoms with Crippen molar-refractivity contribution in [3.8, 4) is 5.88 Å². The Kier molecular flexibility index (Phi) is 4.63. The van der Waals surface area contributed by atoms with Crippen LogP contribution in [0.2, 0.25) is 0 Å². The Hall–Kier alpha value is -2.80. The molecule has 0 spiro atoms. The van der Waals surface area contributed by atoms with Crippen LogP contribution in [0.25, 0.3) is 10.9 Å². The van der Waals surface area contributed by atoms with Crippen LogP contribution in [0.4, 0.5) is 0 Å². The molecule has 3 heterocycles. The maximum atomic E-state index is 12.8. The Labute approximate surface area is 162 Å². The molecule has 1 aliphatic rings. The van der Waals surface area contributed by atoms with Crippen LogP contribution in [-0.2, 0) is 6.42 Å². The SMILES string of the molecule is CC[C@H](C)n1c(O)c([C@@H]2c3[nH]c4ccccc4c3CCN2CC)c(=O)[nH]c1=O. The van der Waals surface area contributed by atoms with Crippen molar-refractivity contribution < 1.29 is 5.11 Å². The fourth-order valence-electron chi connectivity index (χ4n) is 4.35. The highest BCUT2D eigenvalue weighted by Crippen LogP contribution is 2.39. The number of nitrogens with zero attached hydrogens (tertiary/aromatic N) is 2. The zero-order chi connectivity index (χ0) is 20.0. The molecule has 0 saturated carbocycles. The summed E-state index contributed by atoms with van der Waals surface area (Å²) < 4.78 is 1.29. The zero-order valence-electron chi connectivity index (χ0n) is 16.5. The summed E-state index contributed by atoms with van der Waals surface area (Å²) >= 11 is 0. The minimum Gasteiger partial charge on any atom is -0.494 e. The fourth-order valence-corrected chi connectivity index (χ4v) is 4.35. The van der Waals surface area contributed by atoms with Crippen molar-refractivity contribution in [2.75, 3.05) is 13.1 Å². The van der Waals surface area contributed by atoms with E-state index in [1.165, 1.54) is 10.1 Å². The number of nitrogens with one attached hydrogen (secondary N) is 2. The predicted molar refractivity (Wildman–Crippen MR) is 109 cm³/mol. The van der Waals surface area contributed by atoms with Crippen LogP contribution < -0.4 is 11.2 Å². The van der Waals surface area contributed by atoms with Gasteiger partial charge in [0.2, 0.25) is 5.88 Å². The van der Waals surface area contributed by atoms with E-state index in [1.54, 1.807) is 0 Å².